The lowest BCUT2D eigenvalue weighted by Crippen LogP contribution is -2.40. The molecule has 3 aromatic rings. The highest BCUT2D eigenvalue weighted by Crippen LogP contribution is 2.41. The number of methoxy groups -OCH3 is 1. The first-order valence-corrected chi connectivity index (χ1v) is 11.3. The molecule has 1 saturated heterocycles. The highest BCUT2D eigenvalue weighted by atomic mass is 19.2. The summed E-state index contributed by atoms with van der Waals surface area (Å²) in [5, 5.41) is 12.6. The normalized spacial score (nSPS) is 21.8. The minimum atomic E-state index is -1.21. The Kier molecular flexibility index (Phi) is 5.99. The highest BCUT2D eigenvalue weighted by Gasteiger charge is 2.38. The van der Waals surface area contributed by atoms with E-state index >= 15 is 0 Å². The van der Waals surface area contributed by atoms with Gasteiger partial charge in [0.15, 0.2) is 17.4 Å². The standard InChI is InChI=1S/C23H27F2N9O/c1-35-19-3-2-18(20(24)21(19)25)34(28)23(32-27)17-6-14(9-30-22(17)26)15-10-31-33(11-15)16-4-12-7-29-8-13(12)5-16/h2-3,6,9-13,16,29H,4-5,7-8,27-28H2,1H3,(H2,26,30)/b32-23-. The van der Waals surface area contributed by atoms with E-state index in [1.807, 2.05) is 10.9 Å². The number of nitrogens with zero attached hydrogens (tertiary/aromatic N) is 5. The third kappa shape index (κ3) is 4.04. The van der Waals surface area contributed by atoms with E-state index in [0.717, 1.165) is 36.5 Å². The van der Waals surface area contributed by atoms with Crippen molar-refractivity contribution >= 4 is 17.3 Å². The number of nitrogens with two attached hydrogens (primary N) is 3. The van der Waals surface area contributed by atoms with Gasteiger partial charge in [0, 0.05) is 23.5 Å². The number of aromatic nitrogens is 3. The molecule has 1 aromatic carbocycles. The van der Waals surface area contributed by atoms with Gasteiger partial charge in [-0.1, -0.05) is 0 Å². The number of benzene rings is 1. The number of rotatable bonds is 5. The Morgan fingerprint density at radius 1 is 1.17 bits per heavy atom. The summed E-state index contributed by atoms with van der Waals surface area (Å²) in [6.45, 7) is 2.13. The molecule has 35 heavy (non-hydrogen) atoms. The second-order valence-electron chi connectivity index (χ2n) is 8.91. The predicted molar refractivity (Wildman–Crippen MR) is 128 cm³/mol. The van der Waals surface area contributed by atoms with Crippen molar-refractivity contribution in [2.45, 2.75) is 18.9 Å². The van der Waals surface area contributed by atoms with Crippen molar-refractivity contribution in [2.75, 3.05) is 30.9 Å². The lowest BCUT2D eigenvalue weighted by Gasteiger charge is -2.22. The van der Waals surface area contributed by atoms with Crippen LogP contribution in [-0.2, 0) is 0 Å². The molecule has 12 heteroatoms. The van der Waals surface area contributed by atoms with Crippen LogP contribution in [0.2, 0.25) is 0 Å². The van der Waals surface area contributed by atoms with E-state index in [1.165, 1.54) is 19.2 Å². The number of hydrazone groups is 1. The van der Waals surface area contributed by atoms with Gasteiger partial charge in [-0.05, 0) is 56.0 Å². The molecular weight excluding hydrogens is 456 g/mol. The molecule has 10 nitrogen and oxygen atoms in total. The van der Waals surface area contributed by atoms with E-state index in [-0.39, 0.29) is 28.7 Å². The van der Waals surface area contributed by atoms with Gasteiger partial charge in [0.05, 0.1) is 30.6 Å². The number of nitrogens with one attached hydrogen (secondary N) is 1. The molecule has 2 aromatic heterocycles. The number of hydrogen-bond donors (Lipinski definition) is 4. The first-order chi connectivity index (χ1) is 16.9. The highest BCUT2D eigenvalue weighted by molar-refractivity contribution is 6.12. The lowest BCUT2D eigenvalue weighted by atomic mass is 10.0. The molecule has 0 amide bonds. The molecule has 3 heterocycles. The molecule has 0 spiro atoms. The van der Waals surface area contributed by atoms with Crippen LogP contribution < -0.4 is 32.5 Å². The van der Waals surface area contributed by atoms with Crippen LogP contribution in [0.3, 0.4) is 0 Å². The van der Waals surface area contributed by atoms with Crippen molar-refractivity contribution in [3.05, 3.63) is 54.0 Å². The van der Waals surface area contributed by atoms with Crippen LogP contribution in [0.5, 0.6) is 5.75 Å². The lowest BCUT2D eigenvalue weighted by molar-refractivity contribution is 0.372. The Bertz CT molecular complexity index is 1270. The van der Waals surface area contributed by atoms with Gasteiger partial charge in [-0.2, -0.15) is 14.6 Å². The number of fused-ring (bicyclic) bond motifs is 1. The Balaban J connectivity index is 1.43. The van der Waals surface area contributed by atoms with Gasteiger partial charge in [-0.3, -0.25) is 9.69 Å². The number of hydrogen-bond acceptors (Lipinski definition) is 8. The fraction of sp³-hybridized carbons (Fsp3) is 0.348. The molecule has 2 unspecified atom stereocenters. The van der Waals surface area contributed by atoms with Crippen LogP contribution in [0, 0.1) is 23.5 Å². The zero-order valence-corrected chi connectivity index (χ0v) is 19.2. The van der Waals surface area contributed by atoms with Crippen molar-refractivity contribution in [1.29, 1.82) is 0 Å². The third-order valence-corrected chi connectivity index (χ3v) is 6.95. The van der Waals surface area contributed by atoms with Crippen LogP contribution in [0.1, 0.15) is 24.4 Å². The maximum atomic E-state index is 14.7. The van der Waals surface area contributed by atoms with Crippen LogP contribution in [0.25, 0.3) is 11.1 Å². The van der Waals surface area contributed by atoms with Gasteiger partial charge in [-0.25, -0.2) is 15.2 Å². The summed E-state index contributed by atoms with van der Waals surface area (Å²) in [6.07, 6.45) is 7.55. The molecule has 5 rings (SSSR count). The Morgan fingerprint density at radius 3 is 2.60 bits per heavy atom. The molecule has 2 fully saturated rings. The topological polar surface area (TPSA) is 146 Å². The zero-order valence-electron chi connectivity index (χ0n) is 19.2. The largest absolute Gasteiger partial charge is 0.494 e. The number of nitrogen functional groups attached to an aromatic ring is 1. The van der Waals surface area contributed by atoms with Gasteiger partial charge < -0.3 is 21.6 Å². The maximum absolute atomic E-state index is 14.7. The summed E-state index contributed by atoms with van der Waals surface area (Å²) in [6, 6.07) is 4.56. The number of ether oxygens (including phenoxy) is 1. The molecule has 7 N–H and O–H groups in total. The minimum absolute atomic E-state index is 0.0753. The van der Waals surface area contributed by atoms with Crippen molar-refractivity contribution in [2.24, 2.45) is 28.6 Å². The fourth-order valence-electron chi connectivity index (χ4n) is 5.09. The quantitative estimate of drug-likeness (QED) is 0.187. The molecule has 1 aliphatic heterocycles. The third-order valence-electron chi connectivity index (χ3n) is 6.95. The van der Waals surface area contributed by atoms with Gasteiger partial charge in [0.25, 0.3) is 0 Å². The second kappa shape index (κ2) is 9.12. The van der Waals surface area contributed by atoms with Gasteiger partial charge in [0.2, 0.25) is 5.82 Å². The summed E-state index contributed by atoms with van der Waals surface area (Å²) >= 11 is 0. The van der Waals surface area contributed by atoms with Crippen molar-refractivity contribution in [1.82, 2.24) is 20.1 Å². The number of pyridine rings is 1. The van der Waals surface area contributed by atoms with Gasteiger partial charge in [-0.15, -0.1) is 0 Å². The summed E-state index contributed by atoms with van der Waals surface area (Å²) in [5.74, 6) is 10.4. The van der Waals surface area contributed by atoms with E-state index < -0.39 is 11.6 Å². The Hall–Kier alpha value is -3.77. The minimum Gasteiger partial charge on any atom is -0.494 e. The zero-order chi connectivity index (χ0) is 24.7. The maximum Gasteiger partial charge on any atom is 0.202 e. The van der Waals surface area contributed by atoms with E-state index in [1.54, 1.807) is 18.5 Å². The molecular formula is C23H27F2N9O. The van der Waals surface area contributed by atoms with E-state index in [2.05, 4.69) is 20.5 Å². The molecule has 184 valence electrons. The smallest absolute Gasteiger partial charge is 0.202 e. The summed E-state index contributed by atoms with van der Waals surface area (Å²) in [4.78, 5) is 4.25. The van der Waals surface area contributed by atoms with E-state index in [9.17, 15) is 8.78 Å². The monoisotopic (exact) mass is 483 g/mol. The first-order valence-electron chi connectivity index (χ1n) is 11.3. The first kappa shape index (κ1) is 23.0. The molecule has 0 radical (unpaired) electrons. The number of amidine groups is 1. The number of anilines is 2. The molecule has 2 aliphatic rings. The van der Waals surface area contributed by atoms with Crippen LogP contribution in [0.15, 0.2) is 41.9 Å². The fourth-order valence-corrected chi connectivity index (χ4v) is 5.09. The SMILES string of the molecule is COc1ccc(N(N)/C(=N\N)c2cc(-c3cnn(C4CC5CNCC5C4)c3)cnc2N)c(F)c1F. The summed E-state index contributed by atoms with van der Waals surface area (Å²) in [7, 11) is 1.24. The van der Waals surface area contributed by atoms with Crippen molar-refractivity contribution in [3.63, 3.8) is 0 Å². The van der Waals surface area contributed by atoms with E-state index in [0.29, 0.717) is 23.4 Å². The Morgan fingerprint density at radius 2 is 1.91 bits per heavy atom. The predicted octanol–water partition coefficient (Wildman–Crippen LogP) is 1.99. The molecule has 0 bridgehead atoms. The van der Waals surface area contributed by atoms with Crippen molar-refractivity contribution < 1.29 is 13.5 Å². The summed E-state index contributed by atoms with van der Waals surface area (Å²) < 4.78 is 35.7. The van der Waals surface area contributed by atoms with Crippen LogP contribution in [0.4, 0.5) is 20.3 Å². The number of halogens is 2. The molecule has 1 saturated carbocycles. The average molecular weight is 484 g/mol. The number of hydrazine groups is 1. The van der Waals surface area contributed by atoms with Gasteiger partial charge in [0.1, 0.15) is 5.82 Å². The van der Waals surface area contributed by atoms with E-state index in [4.69, 9.17) is 22.2 Å². The van der Waals surface area contributed by atoms with Gasteiger partial charge >= 0.3 is 0 Å². The summed E-state index contributed by atoms with van der Waals surface area (Å²) in [5.41, 5.74) is 7.58. The van der Waals surface area contributed by atoms with Crippen molar-refractivity contribution in [3.8, 4) is 16.9 Å². The van der Waals surface area contributed by atoms with Crippen LogP contribution in [-0.4, -0.2) is 40.8 Å². The molecule has 2 atom stereocenters. The Labute approximate surface area is 200 Å². The van der Waals surface area contributed by atoms with Crippen LogP contribution >= 0.6 is 0 Å². The second-order valence-corrected chi connectivity index (χ2v) is 8.91. The molecule has 1 aliphatic carbocycles. The average Bonchev–Trinajstić information content (AvgIpc) is 3.58.